The van der Waals surface area contributed by atoms with Crippen molar-refractivity contribution in [1.29, 1.82) is 0 Å². The SMILES string of the molecule is C=NC(=NCCCCCC)N=C(N(CCCCCC)CCCCCC)N(CCCCCC)CCCCCC.Cl. The van der Waals surface area contributed by atoms with E-state index >= 15 is 0 Å². The van der Waals surface area contributed by atoms with E-state index < -0.39 is 0 Å². The van der Waals surface area contributed by atoms with Crippen LogP contribution in [0.1, 0.15) is 163 Å². The lowest BCUT2D eigenvalue weighted by Crippen LogP contribution is -2.46. The highest BCUT2D eigenvalue weighted by Crippen LogP contribution is 2.13. The molecule has 0 rings (SSSR count). The second kappa shape index (κ2) is 31.4. The minimum Gasteiger partial charge on any atom is -0.342 e. The maximum atomic E-state index is 5.20. The Morgan fingerprint density at radius 2 is 0.821 bits per heavy atom. The Kier molecular flexibility index (Phi) is 32.3. The number of nitrogens with zero attached hydrogens (tertiary/aromatic N) is 5. The Labute approximate surface area is 251 Å². The van der Waals surface area contributed by atoms with Crippen LogP contribution in [0, 0.1) is 0 Å². The molecule has 0 amide bonds. The number of hydrogen-bond acceptors (Lipinski definition) is 1. The molecular formula is C33H68ClN5. The van der Waals surface area contributed by atoms with Gasteiger partial charge in [-0.15, -0.1) is 12.4 Å². The highest BCUT2D eigenvalue weighted by molar-refractivity contribution is 5.96. The van der Waals surface area contributed by atoms with Crippen molar-refractivity contribution in [3.63, 3.8) is 0 Å². The van der Waals surface area contributed by atoms with Crippen LogP contribution in [0.3, 0.4) is 0 Å². The molecule has 0 bridgehead atoms. The predicted octanol–water partition coefficient (Wildman–Crippen LogP) is 10.3. The second-order valence-electron chi connectivity index (χ2n) is 11.0. The van der Waals surface area contributed by atoms with E-state index in [-0.39, 0.29) is 12.4 Å². The maximum Gasteiger partial charge on any atom is 0.247 e. The topological polar surface area (TPSA) is 43.6 Å². The quantitative estimate of drug-likeness (QED) is 0.0623. The van der Waals surface area contributed by atoms with Crippen molar-refractivity contribution in [2.75, 3.05) is 32.7 Å². The van der Waals surface area contributed by atoms with E-state index in [0.717, 1.165) is 45.1 Å². The smallest absolute Gasteiger partial charge is 0.247 e. The lowest BCUT2D eigenvalue weighted by Gasteiger charge is -2.35. The first-order chi connectivity index (χ1) is 18.7. The monoisotopic (exact) mass is 570 g/mol. The molecule has 0 aliphatic rings. The van der Waals surface area contributed by atoms with Gasteiger partial charge in [0.25, 0.3) is 0 Å². The van der Waals surface area contributed by atoms with Crippen LogP contribution in [0.15, 0.2) is 15.0 Å². The minimum atomic E-state index is 0. The first-order valence-electron chi connectivity index (χ1n) is 16.8. The molecule has 0 saturated carbocycles. The summed E-state index contributed by atoms with van der Waals surface area (Å²) in [6.45, 7) is 20.4. The summed E-state index contributed by atoms with van der Waals surface area (Å²) < 4.78 is 0. The van der Waals surface area contributed by atoms with Crippen LogP contribution < -0.4 is 0 Å². The standard InChI is InChI=1S/C33H67N5.ClH/c1-7-12-17-22-27-35-32(34-6)36-33(37(28-23-18-13-8-2)29-24-19-14-9-3)38(30-25-20-15-10-4)31-26-21-16-11-5;/h6-31H2,1-5H3;1H. The van der Waals surface area contributed by atoms with Crippen LogP contribution in [0.2, 0.25) is 0 Å². The van der Waals surface area contributed by atoms with Crippen molar-refractivity contribution >= 4 is 31.0 Å². The van der Waals surface area contributed by atoms with Crippen LogP contribution >= 0.6 is 12.4 Å². The van der Waals surface area contributed by atoms with E-state index in [2.05, 4.69) is 56.1 Å². The third-order valence-electron chi connectivity index (χ3n) is 7.30. The van der Waals surface area contributed by atoms with Gasteiger partial charge < -0.3 is 9.80 Å². The molecule has 0 N–H and O–H groups in total. The zero-order chi connectivity index (χ0) is 28.1. The Morgan fingerprint density at radius 3 is 1.13 bits per heavy atom. The number of hydrogen-bond donors (Lipinski definition) is 0. The fourth-order valence-electron chi connectivity index (χ4n) is 4.81. The van der Waals surface area contributed by atoms with Gasteiger partial charge in [-0.05, 0) is 38.8 Å². The molecule has 0 atom stereocenters. The Hall–Kier alpha value is -1.10. The second-order valence-corrected chi connectivity index (χ2v) is 11.0. The zero-order valence-corrected chi connectivity index (χ0v) is 27.8. The number of unbranched alkanes of at least 4 members (excludes halogenated alkanes) is 15. The zero-order valence-electron chi connectivity index (χ0n) is 27.0. The van der Waals surface area contributed by atoms with Gasteiger partial charge in [-0.3, -0.25) is 0 Å². The van der Waals surface area contributed by atoms with Gasteiger partial charge in [0, 0.05) is 32.7 Å². The number of aliphatic imine (C=N–C) groups is 3. The third-order valence-corrected chi connectivity index (χ3v) is 7.30. The summed E-state index contributed by atoms with van der Waals surface area (Å²) in [5.41, 5.74) is 0. The molecule has 0 aromatic heterocycles. The molecule has 0 saturated heterocycles. The minimum absolute atomic E-state index is 0. The average Bonchev–Trinajstić information content (AvgIpc) is 2.93. The van der Waals surface area contributed by atoms with Crippen molar-refractivity contribution in [2.45, 2.75) is 163 Å². The van der Waals surface area contributed by atoms with Crippen LogP contribution in [0.5, 0.6) is 0 Å². The highest BCUT2D eigenvalue weighted by Gasteiger charge is 2.19. The van der Waals surface area contributed by atoms with Gasteiger partial charge in [-0.1, -0.05) is 131 Å². The van der Waals surface area contributed by atoms with E-state index in [1.165, 1.54) is 122 Å². The van der Waals surface area contributed by atoms with Crippen molar-refractivity contribution in [3.8, 4) is 0 Å². The molecule has 39 heavy (non-hydrogen) atoms. The molecule has 0 aromatic rings. The Bertz CT molecular complexity index is 524. The van der Waals surface area contributed by atoms with Gasteiger partial charge in [0.2, 0.25) is 11.9 Å². The van der Waals surface area contributed by atoms with Crippen molar-refractivity contribution in [2.24, 2.45) is 15.0 Å². The van der Waals surface area contributed by atoms with Crippen LogP contribution in [0.25, 0.3) is 0 Å². The largest absolute Gasteiger partial charge is 0.342 e. The van der Waals surface area contributed by atoms with E-state index in [4.69, 9.17) is 9.98 Å². The van der Waals surface area contributed by atoms with E-state index in [0.29, 0.717) is 5.96 Å². The van der Waals surface area contributed by atoms with Crippen LogP contribution in [0.4, 0.5) is 0 Å². The van der Waals surface area contributed by atoms with Crippen LogP contribution in [-0.4, -0.2) is 61.2 Å². The van der Waals surface area contributed by atoms with Gasteiger partial charge >= 0.3 is 0 Å². The maximum absolute atomic E-state index is 5.20. The van der Waals surface area contributed by atoms with E-state index in [9.17, 15) is 0 Å². The third kappa shape index (κ3) is 23.3. The fraction of sp³-hybridized carbons (Fsp3) is 0.909. The summed E-state index contributed by atoms with van der Waals surface area (Å²) in [6, 6.07) is 0. The number of rotatable bonds is 25. The molecule has 0 heterocycles. The summed E-state index contributed by atoms with van der Waals surface area (Å²) in [5.74, 6) is 1.70. The lowest BCUT2D eigenvalue weighted by atomic mass is 10.1. The Balaban J connectivity index is 0. The van der Waals surface area contributed by atoms with Crippen molar-refractivity contribution < 1.29 is 0 Å². The molecule has 0 aromatic carbocycles. The van der Waals surface area contributed by atoms with E-state index in [1.54, 1.807) is 0 Å². The predicted molar refractivity (Wildman–Crippen MR) is 180 cm³/mol. The van der Waals surface area contributed by atoms with E-state index in [1.807, 2.05) is 0 Å². The molecule has 232 valence electrons. The summed E-state index contributed by atoms with van der Waals surface area (Å²) in [7, 11) is 0. The van der Waals surface area contributed by atoms with Gasteiger partial charge in [-0.25, -0.2) is 9.98 Å². The molecule has 0 radical (unpaired) electrons. The van der Waals surface area contributed by atoms with Crippen molar-refractivity contribution in [1.82, 2.24) is 9.80 Å². The first-order valence-corrected chi connectivity index (χ1v) is 16.8. The summed E-state index contributed by atoms with van der Waals surface area (Å²) >= 11 is 0. The molecule has 0 unspecified atom stereocenters. The van der Waals surface area contributed by atoms with Gasteiger partial charge in [0.05, 0.1) is 0 Å². The summed E-state index contributed by atoms with van der Waals surface area (Å²) in [6.07, 6.45) is 25.3. The summed E-state index contributed by atoms with van der Waals surface area (Å²) in [4.78, 5) is 19.5. The molecule has 0 fully saturated rings. The molecule has 0 aliphatic carbocycles. The highest BCUT2D eigenvalue weighted by atomic mass is 35.5. The molecule has 0 spiro atoms. The first kappa shape index (κ1) is 40.0. The fourth-order valence-corrected chi connectivity index (χ4v) is 4.81. The molecule has 5 nitrogen and oxygen atoms in total. The molecule has 0 aliphatic heterocycles. The van der Waals surface area contributed by atoms with Crippen molar-refractivity contribution in [3.05, 3.63) is 0 Å². The van der Waals surface area contributed by atoms with Gasteiger partial charge in [0.15, 0.2) is 0 Å². The lowest BCUT2D eigenvalue weighted by molar-refractivity contribution is 0.296. The van der Waals surface area contributed by atoms with Crippen LogP contribution in [-0.2, 0) is 0 Å². The molecule has 6 heteroatoms. The molecular weight excluding hydrogens is 502 g/mol. The Morgan fingerprint density at radius 1 is 0.487 bits per heavy atom. The number of guanidine groups is 2. The van der Waals surface area contributed by atoms with Gasteiger partial charge in [0.1, 0.15) is 0 Å². The van der Waals surface area contributed by atoms with Gasteiger partial charge in [-0.2, -0.15) is 4.99 Å². The normalized spacial score (nSPS) is 11.3. The average molecular weight is 570 g/mol. The number of halogens is 1. The summed E-state index contributed by atoms with van der Waals surface area (Å²) in [5, 5.41) is 0.